The van der Waals surface area contributed by atoms with Crippen LogP contribution >= 0.6 is 23.2 Å². The van der Waals surface area contributed by atoms with Crippen LogP contribution in [0.1, 0.15) is 0 Å². The molecule has 59 valence electrons. The minimum atomic E-state index is 0.301. The zero-order valence-electron chi connectivity index (χ0n) is 6.01. The Bertz CT molecular complexity index is 426. The summed E-state index contributed by atoms with van der Waals surface area (Å²) in [7, 11) is 0. The zero-order chi connectivity index (χ0) is 8.55. The summed E-state index contributed by atoms with van der Waals surface area (Å²) in [6.45, 7) is 0. The number of aromatic nitrogens is 1. The summed E-state index contributed by atoms with van der Waals surface area (Å²) in [5.41, 5.74) is 0. The molecule has 1 nitrogen and oxygen atoms in total. The molecule has 0 saturated carbocycles. The number of fused-ring (bicyclic) bond motifs is 1. The first kappa shape index (κ1) is 7.84. The molecule has 0 N–H and O–H groups in total. The van der Waals surface area contributed by atoms with Gasteiger partial charge in [0.05, 0.1) is 11.2 Å². The van der Waals surface area contributed by atoms with Gasteiger partial charge in [-0.15, -0.1) is 0 Å². The molecule has 1 radical (unpaired) electrons. The first-order valence-electron chi connectivity index (χ1n) is 3.40. The van der Waals surface area contributed by atoms with Crippen molar-refractivity contribution in [1.29, 1.82) is 0 Å². The van der Waals surface area contributed by atoms with Crippen molar-refractivity contribution in [3.05, 3.63) is 40.6 Å². The van der Waals surface area contributed by atoms with Gasteiger partial charge in [0.1, 0.15) is 5.15 Å². The molecule has 2 rings (SSSR count). The van der Waals surface area contributed by atoms with Gasteiger partial charge in [-0.25, -0.2) is 4.98 Å². The molecule has 3 heteroatoms. The van der Waals surface area contributed by atoms with Gasteiger partial charge in [-0.1, -0.05) is 47.5 Å². The van der Waals surface area contributed by atoms with E-state index in [0.717, 1.165) is 10.8 Å². The van der Waals surface area contributed by atoms with Crippen molar-refractivity contribution in [1.82, 2.24) is 4.98 Å². The second-order valence-electron chi connectivity index (χ2n) is 2.37. The van der Waals surface area contributed by atoms with E-state index in [0.29, 0.717) is 10.2 Å². The Morgan fingerprint density at radius 2 is 1.92 bits per heavy atom. The molecule has 0 saturated heterocycles. The lowest BCUT2D eigenvalue weighted by atomic mass is 10.2. The van der Waals surface area contributed by atoms with Gasteiger partial charge in [0.25, 0.3) is 0 Å². The quantitative estimate of drug-likeness (QED) is 0.590. The molecular formula is C9H4Cl2N. The van der Waals surface area contributed by atoms with Crippen LogP contribution in [0.4, 0.5) is 0 Å². The van der Waals surface area contributed by atoms with Crippen molar-refractivity contribution >= 4 is 34.0 Å². The lowest BCUT2D eigenvalue weighted by Gasteiger charge is -1.99. The summed E-state index contributed by atoms with van der Waals surface area (Å²) in [4.78, 5) is 3.82. The van der Waals surface area contributed by atoms with E-state index < -0.39 is 0 Å². The van der Waals surface area contributed by atoms with Crippen molar-refractivity contribution < 1.29 is 0 Å². The van der Waals surface area contributed by atoms with E-state index in [-0.39, 0.29) is 0 Å². The maximum absolute atomic E-state index is 5.91. The summed E-state index contributed by atoms with van der Waals surface area (Å²) >= 11 is 11.6. The molecule has 1 heterocycles. The largest absolute Gasteiger partial charge is 0.232 e. The van der Waals surface area contributed by atoms with Gasteiger partial charge in [-0.2, -0.15) is 0 Å². The SMILES string of the molecule is Clc1n[c]c2ccccc2c1Cl. The van der Waals surface area contributed by atoms with Gasteiger partial charge in [-0.05, 0) is 0 Å². The third-order valence-electron chi connectivity index (χ3n) is 1.62. The number of rotatable bonds is 0. The summed E-state index contributed by atoms with van der Waals surface area (Å²) in [5.74, 6) is 0. The zero-order valence-corrected chi connectivity index (χ0v) is 7.52. The summed E-state index contributed by atoms with van der Waals surface area (Å²) < 4.78 is 0. The molecule has 1 aromatic carbocycles. The highest BCUT2D eigenvalue weighted by molar-refractivity contribution is 6.44. The van der Waals surface area contributed by atoms with Crippen molar-refractivity contribution in [2.75, 3.05) is 0 Å². The number of benzene rings is 1. The van der Waals surface area contributed by atoms with Crippen LogP contribution in [0.25, 0.3) is 10.8 Å². The van der Waals surface area contributed by atoms with Gasteiger partial charge >= 0.3 is 0 Å². The number of halogens is 2. The number of pyridine rings is 1. The summed E-state index contributed by atoms with van der Waals surface area (Å²) in [6, 6.07) is 7.59. The first-order chi connectivity index (χ1) is 5.79. The predicted molar refractivity (Wildman–Crippen MR) is 50.6 cm³/mol. The predicted octanol–water partition coefficient (Wildman–Crippen LogP) is 3.34. The highest BCUT2D eigenvalue weighted by Gasteiger charge is 2.03. The van der Waals surface area contributed by atoms with E-state index in [1.165, 1.54) is 0 Å². The lowest BCUT2D eigenvalue weighted by Crippen LogP contribution is -1.79. The smallest absolute Gasteiger partial charge is 0.149 e. The van der Waals surface area contributed by atoms with E-state index >= 15 is 0 Å². The van der Waals surface area contributed by atoms with Crippen molar-refractivity contribution in [2.45, 2.75) is 0 Å². The maximum Gasteiger partial charge on any atom is 0.149 e. The van der Waals surface area contributed by atoms with Gasteiger partial charge in [0.15, 0.2) is 0 Å². The highest BCUT2D eigenvalue weighted by Crippen LogP contribution is 2.27. The molecule has 0 aliphatic carbocycles. The van der Waals surface area contributed by atoms with Gasteiger partial charge < -0.3 is 0 Å². The minimum Gasteiger partial charge on any atom is -0.232 e. The number of hydrogen-bond donors (Lipinski definition) is 0. The Balaban J connectivity index is 2.91. The Hall–Kier alpha value is -0.790. The average molecular weight is 197 g/mol. The molecule has 0 bridgehead atoms. The second kappa shape index (κ2) is 2.92. The van der Waals surface area contributed by atoms with Crippen LogP contribution in [0, 0.1) is 6.20 Å². The third-order valence-corrected chi connectivity index (χ3v) is 2.37. The van der Waals surface area contributed by atoms with Crippen LogP contribution in [-0.2, 0) is 0 Å². The van der Waals surface area contributed by atoms with Crippen LogP contribution in [0.3, 0.4) is 0 Å². The summed E-state index contributed by atoms with van der Waals surface area (Å²) in [6.07, 6.45) is 2.79. The van der Waals surface area contributed by atoms with E-state index in [4.69, 9.17) is 23.2 Å². The van der Waals surface area contributed by atoms with Crippen molar-refractivity contribution in [3.8, 4) is 0 Å². The van der Waals surface area contributed by atoms with Gasteiger partial charge in [0, 0.05) is 10.8 Å². The molecule has 0 unspecified atom stereocenters. The molecule has 0 fully saturated rings. The van der Waals surface area contributed by atoms with E-state index in [9.17, 15) is 0 Å². The van der Waals surface area contributed by atoms with E-state index in [1.807, 2.05) is 24.3 Å². The van der Waals surface area contributed by atoms with Crippen LogP contribution in [0.2, 0.25) is 10.2 Å². The molecular weight excluding hydrogens is 193 g/mol. The molecule has 0 atom stereocenters. The monoisotopic (exact) mass is 196 g/mol. The fourth-order valence-electron chi connectivity index (χ4n) is 1.04. The maximum atomic E-state index is 5.91. The molecule has 1 aromatic heterocycles. The van der Waals surface area contributed by atoms with Gasteiger partial charge in [0.2, 0.25) is 0 Å². The Morgan fingerprint density at radius 1 is 1.17 bits per heavy atom. The average Bonchev–Trinajstić information content (AvgIpc) is 2.12. The third kappa shape index (κ3) is 1.15. The molecule has 0 aliphatic heterocycles. The van der Waals surface area contributed by atoms with Crippen LogP contribution in [0.15, 0.2) is 24.3 Å². The Labute approximate surface area is 79.9 Å². The van der Waals surface area contributed by atoms with Crippen LogP contribution < -0.4 is 0 Å². The molecule has 2 aromatic rings. The number of nitrogens with zero attached hydrogens (tertiary/aromatic N) is 1. The standard InChI is InChI=1S/C9H4Cl2N/c10-8-7-4-2-1-3-6(7)5-12-9(8)11/h1-4H. The molecule has 0 aliphatic rings. The van der Waals surface area contributed by atoms with Crippen LogP contribution in [-0.4, -0.2) is 4.98 Å². The molecule has 0 amide bonds. The van der Waals surface area contributed by atoms with Gasteiger partial charge in [-0.3, -0.25) is 0 Å². The summed E-state index contributed by atoms with van der Waals surface area (Å²) in [5, 5.41) is 2.56. The highest BCUT2D eigenvalue weighted by atomic mass is 35.5. The van der Waals surface area contributed by atoms with E-state index in [1.54, 1.807) is 0 Å². The van der Waals surface area contributed by atoms with Crippen LogP contribution in [0.5, 0.6) is 0 Å². The molecule has 12 heavy (non-hydrogen) atoms. The van der Waals surface area contributed by atoms with Crippen molar-refractivity contribution in [3.63, 3.8) is 0 Å². The van der Waals surface area contributed by atoms with Crippen molar-refractivity contribution in [2.24, 2.45) is 0 Å². The lowest BCUT2D eigenvalue weighted by molar-refractivity contribution is 1.35. The first-order valence-corrected chi connectivity index (χ1v) is 4.16. The fraction of sp³-hybridized carbons (Fsp3) is 0. The fourth-order valence-corrected chi connectivity index (χ4v) is 1.39. The normalized spacial score (nSPS) is 10.5. The minimum absolute atomic E-state index is 0.301. The molecule has 0 spiro atoms. The Kier molecular flexibility index (Phi) is 1.91. The van der Waals surface area contributed by atoms with E-state index in [2.05, 4.69) is 11.2 Å². The Morgan fingerprint density at radius 3 is 2.75 bits per heavy atom. The topological polar surface area (TPSA) is 12.9 Å². The number of hydrogen-bond acceptors (Lipinski definition) is 1. The second-order valence-corrected chi connectivity index (χ2v) is 3.11.